The summed E-state index contributed by atoms with van der Waals surface area (Å²) < 4.78 is 18.4. The summed E-state index contributed by atoms with van der Waals surface area (Å²) >= 11 is 0. The second-order valence-corrected chi connectivity index (χ2v) is 4.69. The quantitative estimate of drug-likeness (QED) is 0.809. The number of methoxy groups -OCH3 is 1. The molecule has 0 bridgehead atoms. The summed E-state index contributed by atoms with van der Waals surface area (Å²) in [6.07, 6.45) is -0.0951. The van der Waals surface area contributed by atoms with Gasteiger partial charge in [0.2, 0.25) is 5.78 Å². The maximum atomic E-state index is 13.3. The first-order valence-corrected chi connectivity index (χ1v) is 5.44. The van der Waals surface area contributed by atoms with Crippen molar-refractivity contribution in [2.45, 2.75) is 25.7 Å². The van der Waals surface area contributed by atoms with E-state index in [-0.39, 0.29) is 6.42 Å². The van der Waals surface area contributed by atoms with Gasteiger partial charge in [-0.15, -0.1) is 0 Å². The van der Waals surface area contributed by atoms with Gasteiger partial charge in [0, 0.05) is 17.4 Å². The van der Waals surface area contributed by atoms with Crippen LogP contribution in [0.4, 0.5) is 4.39 Å². The highest BCUT2D eigenvalue weighted by atomic mass is 19.1. The van der Waals surface area contributed by atoms with E-state index in [1.54, 1.807) is 13.8 Å². The lowest BCUT2D eigenvalue weighted by molar-refractivity contribution is -0.136. The summed E-state index contributed by atoms with van der Waals surface area (Å²) in [7, 11) is 1.46. The van der Waals surface area contributed by atoms with Crippen LogP contribution >= 0.6 is 0 Å². The zero-order valence-corrected chi connectivity index (χ0v) is 10.6. The Morgan fingerprint density at radius 3 is 2.50 bits per heavy atom. The molecule has 18 heavy (non-hydrogen) atoms. The van der Waals surface area contributed by atoms with Crippen LogP contribution in [0.3, 0.4) is 0 Å². The minimum Gasteiger partial charge on any atom is -0.496 e. The third kappa shape index (κ3) is 3.06. The number of hydrogen-bond donors (Lipinski definition) is 1. The Morgan fingerprint density at radius 2 is 2.00 bits per heavy atom. The van der Waals surface area contributed by atoms with Gasteiger partial charge in [0.05, 0.1) is 7.11 Å². The number of Topliss-reactive ketones (excluding diaryl/α,β-unsaturated/α-hetero) is 1. The standard InChI is InChI=1S/C13H16FNO3/c1-13(2,7-10(16)12(15)17)9-6-8(14)4-5-11(9)18-3/h4-6H,7H2,1-3H3,(H2,15,17). The zero-order chi connectivity index (χ0) is 13.9. The molecular weight excluding hydrogens is 237 g/mol. The van der Waals surface area contributed by atoms with Gasteiger partial charge in [-0.05, 0) is 18.2 Å². The van der Waals surface area contributed by atoms with E-state index >= 15 is 0 Å². The van der Waals surface area contributed by atoms with Gasteiger partial charge in [0.25, 0.3) is 5.91 Å². The molecule has 0 aliphatic heterocycles. The molecule has 0 saturated carbocycles. The Labute approximate surface area is 105 Å². The first-order valence-electron chi connectivity index (χ1n) is 5.44. The predicted molar refractivity (Wildman–Crippen MR) is 64.8 cm³/mol. The van der Waals surface area contributed by atoms with E-state index in [0.717, 1.165) is 0 Å². The van der Waals surface area contributed by atoms with E-state index in [1.807, 2.05) is 0 Å². The van der Waals surface area contributed by atoms with Gasteiger partial charge in [-0.1, -0.05) is 13.8 Å². The van der Waals surface area contributed by atoms with Crippen LogP contribution in [0.5, 0.6) is 5.75 Å². The van der Waals surface area contributed by atoms with Crippen molar-refractivity contribution < 1.29 is 18.7 Å². The summed E-state index contributed by atoms with van der Waals surface area (Å²) in [5.74, 6) is -1.63. The number of ketones is 1. The van der Waals surface area contributed by atoms with E-state index in [9.17, 15) is 14.0 Å². The van der Waals surface area contributed by atoms with E-state index in [4.69, 9.17) is 10.5 Å². The molecule has 1 amide bonds. The number of carbonyl (C=O) groups is 2. The number of primary amides is 1. The van der Waals surface area contributed by atoms with E-state index < -0.39 is 22.9 Å². The predicted octanol–water partition coefficient (Wildman–Crippen LogP) is 1.56. The lowest BCUT2D eigenvalue weighted by Crippen LogP contribution is -2.31. The fourth-order valence-corrected chi connectivity index (χ4v) is 1.79. The van der Waals surface area contributed by atoms with Gasteiger partial charge in [0.1, 0.15) is 11.6 Å². The lowest BCUT2D eigenvalue weighted by atomic mass is 9.79. The molecule has 0 radical (unpaired) electrons. The Bertz CT molecular complexity index is 483. The molecule has 0 aliphatic carbocycles. The highest BCUT2D eigenvalue weighted by Gasteiger charge is 2.29. The highest BCUT2D eigenvalue weighted by molar-refractivity contribution is 6.35. The second kappa shape index (κ2) is 5.16. The van der Waals surface area contributed by atoms with Crippen LogP contribution in [-0.4, -0.2) is 18.8 Å². The summed E-state index contributed by atoms with van der Waals surface area (Å²) in [6.45, 7) is 3.45. The zero-order valence-electron chi connectivity index (χ0n) is 10.6. The summed E-state index contributed by atoms with van der Waals surface area (Å²) in [4.78, 5) is 22.2. The Kier molecular flexibility index (Phi) is 4.06. The van der Waals surface area contributed by atoms with Crippen molar-refractivity contribution in [1.29, 1.82) is 0 Å². The minimum atomic E-state index is -0.988. The molecule has 0 fully saturated rings. The van der Waals surface area contributed by atoms with Gasteiger partial charge < -0.3 is 10.5 Å². The van der Waals surface area contributed by atoms with Crippen LogP contribution < -0.4 is 10.5 Å². The van der Waals surface area contributed by atoms with Gasteiger partial charge in [-0.25, -0.2) is 4.39 Å². The van der Waals surface area contributed by atoms with Crippen molar-refractivity contribution in [3.05, 3.63) is 29.6 Å². The maximum Gasteiger partial charge on any atom is 0.284 e. The van der Waals surface area contributed by atoms with E-state index in [0.29, 0.717) is 11.3 Å². The monoisotopic (exact) mass is 253 g/mol. The SMILES string of the molecule is COc1ccc(F)cc1C(C)(C)CC(=O)C(N)=O. The average Bonchev–Trinajstić information content (AvgIpc) is 2.28. The Morgan fingerprint density at radius 1 is 1.39 bits per heavy atom. The highest BCUT2D eigenvalue weighted by Crippen LogP contribution is 2.34. The normalized spacial score (nSPS) is 11.1. The first-order chi connectivity index (χ1) is 8.27. The van der Waals surface area contributed by atoms with Gasteiger partial charge >= 0.3 is 0 Å². The van der Waals surface area contributed by atoms with Gasteiger partial charge in [-0.2, -0.15) is 0 Å². The van der Waals surface area contributed by atoms with Gasteiger partial charge in [-0.3, -0.25) is 9.59 Å². The van der Waals surface area contributed by atoms with Crippen molar-refractivity contribution in [2.24, 2.45) is 5.73 Å². The molecule has 98 valence electrons. The average molecular weight is 253 g/mol. The molecule has 0 heterocycles. The topological polar surface area (TPSA) is 69.4 Å². The molecule has 2 N–H and O–H groups in total. The number of rotatable bonds is 5. The molecule has 0 aliphatic rings. The number of carbonyl (C=O) groups excluding carboxylic acids is 2. The van der Waals surface area contributed by atoms with Crippen molar-refractivity contribution in [3.8, 4) is 5.75 Å². The fraction of sp³-hybridized carbons (Fsp3) is 0.385. The molecule has 0 spiro atoms. The number of amides is 1. The first kappa shape index (κ1) is 14.2. The molecular formula is C13H16FNO3. The summed E-state index contributed by atoms with van der Waals surface area (Å²) in [6, 6.07) is 4.06. The van der Waals surface area contributed by atoms with Crippen LogP contribution in [0.25, 0.3) is 0 Å². The molecule has 0 unspecified atom stereocenters. The largest absolute Gasteiger partial charge is 0.496 e. The van der Waals surface area contributed by atoms with Crippen LogP contribution in [0.1, 0.15) is 25.8 Å². The van der Waals surface area contributed by atoms with Crippen LogP contribution in [0, 0.1) is 5.82 Å². The summed E-state index contributed by atoms with van der Waals surface area (Å²) in [5.41, 5.74) is 4.72. The number of hydrogen-bond acceptors (Lipinski definition) is 3. The van der Waals surface area contributed by atoms with Crippen molar-refractivity contribution in [2.75, 3.05) is 7.11 Å². The Balaban J connectivity index is 3.14. The third-order valence-electron chi connectivity index (χ3n) is 2.77. The van der Waals surface area contributed by atoms with Crippen LogP contribution in [-0.2, 0) is 15.0 Å². The molecule has 0 atom stereocenters. The number of nitrogens with two attached hydrogens (primary N) is 1. The number of benzene rings is 1. The smallest absolute Gasteiger partial charge is 0.284 e. The molecule has 0 aromatic heterocycles. The van der Waals surface area contributed by atoms with Crippen molar-refractivity contribution in [3.63, 3.8) is 0 Å². The maximum absolute atomic E-state index is 13.3. The third-order valence-corrected chi connectivity index (χ3v) is 2.77. The van der Waals surface area contributed by atoms with Crippen molar-refractivity contribution in [1.82, 2.24) is 0 Å². The van der Waals surface area contributed by atoms with Crippen LogP contribution in [0.2, 0.25) is 0 Å². The van der Waals surface area contributed by atoms with E-state index in [1.165, 1.54) is 25.3 Å². The molecule has 4 nitrogen and oxygen atoms in total. The Hall–Kier alpha value is -1.91. The minimum absolute atomic E-state index is 0.0951. The fourth-order valence-electron chi connectivity index (χ4n) is 1.79. The molecule has 1 aromatic rings. The second-order valence-electron chi connectivity index (χ2n) is 4.69. The van der Waals surface area contributed by atoms with Gasteiger partial charge in [0.15, 0.2) is 0 Å². The van der Waals surface area contributed by atoms with Crippen molar-refractivity contribution >= 4 is 11.7 Å². The molecule has 0 saturated heterocycles. The molecule has 1 aromatic carbocycles. The van der Waals surface area contributed by atoms with E-state index in [2.05, 4.69) is 0 Å². The number of halogens is 1. The summed E-state index contributed by atoms with van der Waals surface area (Å²) in [5, 5.41) is 0. The molecule has 5 heteroatoms. The lowest BCUT2D eigenvalue weighted by Gasteiger charge is -2.26. The van der Waals surface area contributed by atoms with Crippen LogP contribution in [0.15, 0.2) is 18.2 Å². The molecule has 1 rings (SSSR count). The number of ether oxygens (including phenoxy) is 1.